The van der Waals surface area contributed by atoms with Gasteiger partial charge in [0, 0.05) is 11.5 Å². The smallest absolute Gasteiger partial charge is 0.196 e. The second-order valence-corrected chi connectivity index (χ2v) is 11.2. The molecule has 0 saturated carbocycles. The second kappa shape index (κ2) is 19.3. The van der Waals surface area contributed by atoms with E-state index in [1.807, 2.05) is 141 Å². The van der Waals surface area contributed by atoms with Crippen LogP contribution >= 0.6 is 0 Å². The monoisotopic (exact) mass is 606 g/mol. The molecule has 1 aliphatic carbocycles. The minimum atomic E-state index is -0.245. The fourth-order valence-electron chi connectivity index (χ4n) is 5.07. The molecule has 1 atom stereocenters. The Hall–Kier alpha value is -5.08. The van der Waals surface area contributed by atoms with Crippen LogP contribution in [0.25, 0.3) is 16.8 Å². The molecule has 0 N–H and O–H groups in total. The molecule has 0 saturated heterocycles. The number of ketones is 1. The van der Waals surface area contributed by atoms with Crippen molar-refractivity contribution >= 4 is 28.9 Å². The zero-order valence-corrected chi connectivity index (χ0v) is 27.8. The Labute approximate surface area is 275 Å². The van der Waals surface area contributed by atoms with Gasteiger partial charge in [0.25, 0.3) is 0 Å². The van der Waals surface area contributed by atoms with E-state index >= 15 is 0 Å². The maximum absolute atomic E-state index is 14.0. The maximum Gasteiger partial charge on any atom is 0.196 e. The van der Waals surface area contributed by atoms with Crippen molar-refractivity contribution in [2.45, 2.75) is 47.5 Å². The lowest BCUT2D eigenvalue weighted by atomic mass is 9.81. The number of hydrogen-bond donors (Lipinski definition) is 0. The van der Waals surface area contributed by atoms with E-state index < -0.39 is 0 Å². The van der Waals surface area contributed by atoms with Crippen molar-refractivity contribution in [3.8, 4) is 0 Å². The number of carbonyl (C=O) groups is 2. The van der Waals surface area contributed by atoms with Gasteiger partial charge < -0.3 is 0 Å². The molecule has 5 rings (SSSR count). The third-order valence-electron chi connectivity index (χ3n) is 7.32. The Balaban J connectivity index is 0.000000495. The number of hydrogen-bond acceptors (Lipinski definition) is 2. The van der Waals surface area contributed by atoms with Gasteiger partial charge in [-0.2, -0.15) is 0 Å². The lowest BCUT2D eigenvalue weighted by Crippen LogP contribution is -2.15. The highest BCUT2D eigenvalue weighted by atomic mass is 16.1. The van der Waals surface area contributed by atoms with Gasteiger partial charge in [-0.05, 0) is 66.3 Å². The van der Waals surface area contributed by atoms with Crippen molar-refractivity contribution in [1.82, 2.24) is 0 Å². The first-order valence-electron chi connectivity index (χ1n) is 16.1. The van der Waals surface area contributed by atoms with Crippen LogP contribution in [0.15, 0.2) is 162 Å². The molecule has 234 valence electrons. The van der Waals surface area contributed by atoms with Crippen molar-refractivity contribution < 1.29 is 9.59 Å². The van der Waals surface area contributed by atoms with E-state index in [-0.39, 0.29) is 17.3 Å². The Bertz CT molecular complexity index is 1750. The fourth-order valence-corrected chi connectivity index (χ4v) is 5.07. The van der Waals surface area contributed by atoms with Gasteiger partial charge in [0.05, 0.1) is 5.57 Å². The molecule has 0 amide bonds. The van der Waals surface area contributed by atoms with Crippen LogP contribution in [0.1, 0.15) is 60.7 Å². The molecular weight excluding hydrogens is 560 g/mol. The Morgan fingerprint density at radius 2 is 1.43 bits per heavy atom. The highest BCUT2D eigenvalue weighted by Crippen LogP contribution is 2.33. The van der Waals surface area contributed by atoms with E-state index in [2.05, 4.69) is 45.1 Å². The van der Waals surface area contributed by atoms with E-state index in [0.717, 1.165) is 45.8 Å². The topological polar surface area (TPSA) is 34.1 Å². The number of allylic oxidation sites excluding steroid dienone is 11. The minimum absolute atomic E-state index is 0.0863. The predicted octanol–water partition coefficient (Wildman–Crippen LogP) is 11.6. The summed E-state index contributed by atoms with van der Waals surface area (Å²) in [7, 11) is 0. The van der Waals surface area contributed by atoms with Gasteiger partial charge >= 0.3 is 0 Å². The van der Waals surface area contributed by atoms with Crippen LogP contribution in [0.5, 0.6) is 0 Å². The summed E-state index contributed by atoms with van der Waals surface area (Å²) in [6.07, 6.45) is 20.7. The highest BCUT2D eigenvalue weighted by Gasteiger charge is 2.25. The Kier molecular flexibility index (Phi) is 14.9. The molecule has 0 aromatic heterocycles. The van der Waals surface area contributed by atoms with Gasteiger partial charge in [-0.15, -0.1) is 0 Å². The first kappa shape index (κ1) is 35.4. The highest BCUT2D eigenvalue weighted by molar-refractivity contribution is 6.22. The van der Waals surface area contributed by atoms with Crippen molar-refractivity contribution in [2.24, 2.45) is 5.92 Å². The number of benzene rings is 4. The lowest BCUT2D eigenvalue weighted by Gasteiger charge is -2.21. The van der Waals surface area contributed by atoms with Crippen LogP contribution in [0.4, 0.5) is 0 Å². The zero-order chi connectivity index (χ0) is 33.1. The molecule has 4 aromatic carbocycles. The molecule has 0 spiro atoms. The van der Waals surface area contributed by atoms with Crippen LogP contribution in [0.3, 0.4) is 0 Å². The first-order chi connectivity index (χ1) is 22.4. The zero-order valence-electron chi connectivity index (χ0n) is 27.8. The van der Waals surface area contributed by atoms with Crippen molar-refractivity contribution in [1.29, 1.82) is 0 Å². The largest absolute Gasteiger partial charge is 0.298 e. The third kappa shape index (κ3) is 10.5. The molecule has 2 nitrogen and oxygen atoms in total. The summed E-state index contributed by atoms with van der Waals surface area (Å²) < 4.78 is 0. The van der Waals surface area contributed by atoms with Crippen LogP contribution < -0.4 is 0 Å². The molecular formula is C44H46O2. The maximum atomic E-state index is 14.0. The summed E-state index contributed by atoms with van der Waals surface area (Å²) in [5.41, 5.74) is 5.57. The molecule has 1 unspecified atom stereocenters. The summed E-state index contributed by atoms with van der Waals surface area (Å²) in [5.74, 6) is -0.331. The average Bonchev–Trinajstić information content (AvgIpc) is 3.09. The van der Waals surface area contributed by atoms with Crippen LogP contribution in [-0.2, 0) is 4.79 Å². The standard InChI is InChI=1S/C34H30O2.C7H8.C3H8/c1-3-4-15-28(21-20-26-13-7-5-8-14-26)33(27-16-9-6-10-17-27)32(24-35)34(36)31-23-30-19-12-11-18-29(30)22-25(31)2;1-7-5-3-2-4-6-7;1-3-2/h3-16,18-24,27H,17H2,1-2H3;2-6H,1H3;3H2,1-2H3/b4-3+,21-20-,28-15+,33-32+;;. The molecule has 46 heavy (non-hydrogen) atoms. The fraction of sp³-hybridized carbons (Fsp3) is 0.182. The predicted molar refractivity (Wildman–Crippen MR) is 198 cm³/mol. The molecule has 4 aromatic rings. The normalized spacial score (nSPS) is 14.7. The molecule has 2 heteroatoms. The second-order valence-electron chi connectivity index (χ2n) is 11.2. The van der Waals surface area contributed by atoms with Crippen LogP contribution in [0, 0.1) is 19.8 Å². The van der Waals surface area contributed by atoms with Gasteiger partial charge in [0.15, 0.2) is 12.1 Å². The summed E-state index contributed by atoms with van der Waals surface area (Å²) in [4.78, 5) is 26.6. The van der Waals surface area contributed by atoms with Crippen molar-refractivity contribution in [3.05, 3.63) is 185 Å². The molecule has 0 aliphatic heterocycles. The summed E-state index contributed by atoms with van der Waals surface area (Å²) in [5, 5.41) is 2.05. The summed E-state index contributed by atoms with van der Waals surface area (Å²) in [6.45, 7) is 10.2. The average molecular weight is 607 g/mol. The van der Waals surface area contributed by atoms with Crippen LogP contribution in [0.2, 0.25) is 0 Å². The van der Waals surface area contributed by atoms with Gasteiger partial charge in [0.1, 0.15) is 0 Å². The Morgan fingerprint density at radius 3 is 1.98 bits per heavy atom. The molecule has 1 aliphatic rings. The molecule has 0 bridgehead atoms. The van der Waals surface area contributed by atoms with E-state index in [0.29, 0.717) is 5.56 Å². The van der Waals surface area contributed by atoms with E-state index in [4.69, 9.17) is 0 Å². The minimum Gasteiger partial charge on any atom is -0.298 e. The lowest BCUT2D eigenvalue weighted by molar-refractivity contribution is -0.104. The number of aldehydes is 1. The number of Topliss-reactive ketones (excluding diaryl/α,β-unsaturated/α-hetero) is 1. The van der Waals surface area contributed by atoms with Crippen molar-refractivity contribution in [3.63, 3.8) is 0 Å². The number of rotatable bonds is 8. The third-order valence-corrected chi connectivity index (χ3v) is 7.32. The molecule has 0 radical (unpaired) electrons. The van der Waals surface area contributed by atoms with Crippen LogP contribution in [-0.4, -0.2) is 12.1 Å². The van der Waals surface area contributed by atoms with E-state index in [1.54, 1.807) is 0 Å². The first-order valence-corrected chi connectivity index (χ1v) is 16.1. The quantitative estimate of drug-likeness (QED) is 0.0499. The van der Waals surface area contributed by atoms with Gasteiger partial charge in [-0.3, -0.25) is 9.59 Å². The van der Waals surface area contributed by atoms with Crippen molar-refractivity contribution in [2.75, 3.05) is 0 Å². The van der Waals surface area contributed by atoms with Gasteiger partial charge in [-0.25, -0.2) is 0 Å². The van der Waals surface area contributed by atoms with Gasteiger partial charge in [-0.1, -0.05) is 172 Å². The summed E-state index contributed by atoms with van der Waals surface area (Å²) in [6, 6.07) is 32.2. The SMILES string of the molecule is C/C=C/C=C(\C=C/c1ccccc1)C(=C(\C=O)C(=O)c1cc2ccccc2cc1C)/C1C=CC=CC1.CCC.Cc1ccccc1. The molecule has 0 fully saturated rings. The van der Waals surface area contributed by atoms with E-state index in [1.165, 1.54) is 12.0 Å². The van der Waals surface area contributed by atoms with Gasteiger partial charge in [0.2, 0.25) is 0 Å². The number of aryl methyl sites for hydroxylation is 2. The molecule has 0 heterocycles. The van der Waals surface area contributed by atoms with E-state index in [9.17, 15) is 9.59 Å². The summed E-state index contributed by atoms with van der Waals surface area (Å²) >= 11 is 0. The number of fused-ring (bicyclic) bond motifs is 1. The Morgan fingerprint density at radius 1 is 0.826 bits per heavy atom. The number of carbonyl (C=O) groups excluding carboxylic acids is 2.